The van der Waals surface area contributed by atoms with Gasteiger partial charge in [-0.3, -0.25) is 9.78 Å². The van der Waals surface area contributed by atoms with Crippen LogP contribution in [0, 0.1) is 0 Å². The van der Waals surface area contributed by atoms with Crippen molar-refractivity contribution in [3.8, 4) is 5.69 Å². The van der Waals surface area contributed by atoms with Crippen LogP contribution < -0.4 is 4.90 Å². The van der Waals surface area contributed by atoms with Crippen molar-refractivity contribution in [3.05, 3.63) is 66.9 Å². The van der Waals surface area contributed by atoms with E-state index in [0.29, 0.717) is 19.5 Å². The molecule has 0 N–H and O–H groups in total. The molecule has 2 aromatic heterocycles. The third-order valence-corrected chi connectivity index (χ3v) is 4.57. The number of amides is 1. The van der Waals surface area contributed by atoms with E-state index in [0.717, 1.165) is 30.2 Å². The van der Waals surface area contributed by atoms with Gasteiger partial charge in [-0.2, -0.15) is 5.10 Å². The van der Waals surface area contributed by atoms with E-state index in [4.69, 9.17) is 0 Å². The van der Waals surface area contributed by atoms with E-state index < -0.39 is 0 Å². The van der Waals surface area contributed by atoms with Gasteiger partial charge in [0.25, 0.3) is 0 Å². The number of piperazine rings is 1. The molecular formula is C19H20N6O. The Bertz CT molecular complexity index is 840. The average molecular weight is 348 g/mol. The van der Waals surface area contributed by atoms with Gasteiger partial charge in [0.2, 0.25) is 5.91 Å². The van der Waals surface area contributed by atoms with Crippen molar-refractivity contribution in [1.82, 2.24) is 24.6 Å². The molecule has 0 bridgehead atoms. The molecule has 4 rings (SSSR count). The highest BCUT2D eigenvalue weighted by Crippen LogP contribution is 2.14. The summed E-state index contributed by atoms with van der Waals surface area (Å²) >= 11 is 0. The van der Waals surface area contributed by atoms with Gasteiger partial charge in [0, 0.05) is 51.0 Å². The predicted molar refractivity (Wildman–Crippen MR) is 98.1 cm³/mol. The smallest absolute Gasteiger partial charge is 0.227 e. The number of hydrogen-bond acceptors (Lipinski definition) is 5. The molecule has 3 aromatic rings. The van der Waals surface area contributed by atoms with Gasteiger partial charge < -0.3 is 9.80 Å². The molecule has 0 spiro atoms. The van der Waals surface area contributed by atoms with Crippen molar-refractivity contribution < 1.29 is 4.79 Å². The molecule has 1 fully saturated rings. The van der Waals surface area contributed by atoms with Crippen LogP contribution in [0.15, 0.2) is 61.3 Å². The first-order valence-electron chi connectivity index (χ1n) is 8.67. The monoisotopic (exact) mass is 348 g/mol. The van der Waals surface area contributed by atoms with Crippen LogP contribution in [0.25, 0.3) is 5.69 Å². The standard InChI is InChI=1S/C19H20N6O/c26-19(14-16-2-4-17(5-3-16)25-9-1-6-22-25)24-12-10-23(11-13-24)18-15-20-7-8-21-18/h1-9,15H,10-14H2. The van der Waals surface area contributed by atoms with E-state index in [1.54, 1.807) is 29.5 Å². The lowest BCUT2D eigenvalue weighted by atomic mass is 10.1. The number of rotatable bonds is 4. The Kier molecular flexibility index (Phi) is 4.59. The Morgan fingerprint density at radius 1 is 1.00 bits per heavy atom. The lowest BCUT2D eigenvalue weighted by molar-refractivity contribution is -0.130. The summed E-state index contributed by atoms with van der Waals surface area (Å²) in [5, 5.41) is 4.21. The number of anilines is 1. The molecule has 1 saturated heterocycles. The zero-order valence-electron chi connectivity index (χ0n) is 14.4. The SMILES string of the molecule is O=C(Cc1ccc(-n2cccn2)cc1)N1CCN(c2cnccn2)CC1. The Hall–Kier alpha value is -3.22. The van der Waals surface area contributed by atoms with E-state index >= 15 is 0 Å². The van der Waals surface area contributed by atoms with E-state index in [1.165, 1.54) is 0 Å². The summed E-state index contributed by atoms with van der Waals surface area (Å²) in [7, 11) is 0. The summed E-state index contributed by atoms with van der Waals surface area (Å²) in [4.78, 5) is 25.1. The van der Waals surface area contributed by atoms with Crippen LogP contribution in [0.5, 0.6) is 0 Å². The number of carbonyl (C=O) groups is 1. The van der Waals surface area contributed by atoms with Crippen LogP contribution in [-0.4, -0.2) is 56.7 Å². The summed E-state index contributed by atoms with van der Waals surface area (Å²) in [6.07, 6.45) is 9.19. The molecule has 0 radical (unpaired) electrons. The van der Waals surface area contributed by atoms with Crippen molar-refractivity contribution in [2.24, 2.45) is 0 Å². The Morgan fingerprint density at radius 3 is 2.46 bits per heavy atom. The van der Waals surface area contributed by atoms with Crippen LogP contribution in [0.4, 0.5) is 5.82 Å². The topological polar surface area (TPSA) is 67.2 Å². The van der Waals surface area contributed by atoms with Crippen molar-refractivity contribution >= 4 is 11.7 Å². The Balaban J connectivity index is 1.33. The highest BCUT2D eigenvalue weighted by molar-refractivity contribution is 5.79. The van der Waals surface area contributed by atoms with Crippen molar-refractivity contribution in [1.29, 1.82) is 0 Å². The van der Waals surface area contributed by atoms with E-state index in [9.17, 15) is 4.79 Å². The molecule has 7 nitrogen and oxygen atoms in total. The maximum absolute atomic E-state index is 12.6. The molecule has 0 unspecified atom stereocenters. The number of aromatic nitrogens is 4. The second-order valence-corrected chi connectivity index (χ2v) is 6.23. The second kappa shape index (κ2) is 7.35. The summed E-state index contributed by atoms with van der Waals surface area (Å²) in [6, 6.07) is 9.84. The molecule has 1 aromatic carbocycles. The maximum Gasteiger partial charge on any atom is 0.227 e. The number of benzene rings is 1. The lowest BCUT2D eigenvalue weighted by Crippen LogP contribution is -2.49. The molecule has 26 heavy (non-hydrogen) atoms. The first kappa shape index (κ1) is 16.3. The largest absolute Gasteiger partial charge is 0.352 e. The first-order chi connectivity index (χ1) is 12.8. The minimum atomic E-state index is 0.163. The average Bonchev–Trinajstić information content (AvgIpc) is 3.24. The molecule has 1 aliphatic heterocycles. The van der Waals surface area contributed by atoms with Crippen LogP contribution in [-0.2, 0) is 11.2 Å². The zero-order valence-corrected chi connectivity index (χ0v) is 14.4. The van der Waals surface area contributed by atoms with Gasteiger partial charge in [-0.15, -0.1) is 0 Å². The van der Waals surface area contributed by atoms with Gasteiger partial charge in [0.05, 0.1) is 18.3 Å². The number of hydrogen-bond donors (Lipinski definition) is 0. The van der Waals surface area contributed by atoms with Gasteiger partial charge >= 0.3 is 0 Å². The summed E-state index contributed by atoms with van der Waals surface area (Å²) < 4.78 is 1.80. The lowest BCUT2D eigenvalue weighted by Gasteiger charge is -2.35. The third-order valence-electron chi connectivity index (χ3n) is 4.57. The summed E-state index contributed by atoms with van der Waals surface area (Å²) in [6.45, 7) is 2.98. The minimum absolute atomic E-state index is 0.163. The Labute approximate surface area is 151 Å². The second-order valence-electron chi connectivity index (χ2n) is 6.23. The predicted octanol–water partition coefficient (Wildman–Crippen LogP) is 1.55. The third kappa shape index (κ3) is 3.56. The van der Waals surface area contributed by atoms with E-state index in [2.05, 4.69) is 20.0 Å². The normalized spacial score (nSPS) is 14.5. The van der Waals surface area contributed by atoms with Crippen LogP contribution in [0.2, 0.25) is 0 Å². The molecule has 0 saturated carbocycles. The number of nitrogens with zero attached hydrogens (tertiary/aromatic N) is 6. The summed E-state index contributed by atoms with van der Waals surface area (Å²) in [5.41, 5.74) is 2.01. The molecule has 7 heteroatoms. The minimum Gasteiger partial charge on any atom is -0.352 e. The fourth-order valence-electron chi connectivity index (χ4n) is 3.11. The van der Waals surface area contributed by atoms with Gasteiger partial charge in [0.15, 0.2) is 0 Å². The van der Waals surface area contributed by atoms with E-state index in [1.807, 2.05) is 41.4 Å². The molecule has 1 aliphatic rings. The van der Waals surface area contributed by atoms with Crippen molar-refractivity contribution in [3.63, 3.8) is 0 Å². The van der Waals surface area contributed by atoms with Crippen LogP contribution >= 0.6 is 0 Å². The highest BCUT2D eigenvalue weighted by atomic mass is 16.2. The maximum atomic E-state index is 12.6. The molecule has 1 amide bonds. The molecule has 3 heterocycles. The van der Waals surface area contributed by atoms with Gasteiger partial charge in [-0.25, -0.2) is 9.67 Å². The summed E-state index contributed by atoms with van der Waals surface area (Å²) in [5.74, 6) is 1.03. The molecule has 0 atom stereocenters. The van der Waals surface area contributed by atoms with E-state index in [-0.39, 0.29) is 5.91 Å². The molecule has 132 valence electrons. The Morgan fingerprint density at radius 2 is 1.81 bits per heavy atom. The van der Waals surface area contributed by atoms with Gasteiger partial charge in [0.1, 0.15) is 5.82 Å². The quantitative estimate of drug-likeness (QED) is 0.716. The fourth-order valence-corrected chi connectivity index (χ4v) is 3.11. The highest BCUT2D eigenvalue weighted by Gasteiger charge is 2.22. The van der Waals surface area contributed by atoms with Gasteiger partial charge in [-0.05, 0) is 23.8 Å². The molecule has 0 aliphatic carbocycles. The molecular weight excluding hydrogens is 328 g/mol. The van der Waals surface area contributed by atoms with Crippen LogP contribution in [0.1, 0.15) is 5.56 Å². The van der Waals surface area contributed by atoms with Crippen LogP contribution in [0.3, 0.4) is 0 Å². The van der Waals surface area contributed by atoms with Crippen molar-refractivity contribution in [2.45, 2.75) is 6.42 Å². The number of carbonyl (C=O) groups excluding carboxylic acids is 1. The van der Waals surface area contributed by atoms with Gasteiger partial charge in [-0.1, -0.05) is 12.1 Å². The first-order valence-corrected chi connectivity index (χ1v) is 8.67. The fraction of sp³-hybridized carbons (Fsp3) is 0.263. The van der Waals surface area contributed by atoms with Crippen molar-refractivity contribution in [2.75, 3.05) is 31.1 Å². The zero-order chi connectivity index (χ0) is 17.8.